The van der Waals surface area contributed by atoms with Crippen molar-refractivity contribution in [3.8, 4) is 5.75 Å². The highest BCUT2D eigenvalue weighted by Gasteiger charge is 2.22. The molecule has 1 saturated heterocycles. The van der Waals surface area contributed by atoms with E-state index in [1.807, 2.05) is 12.1 Å². The summed E-state index contributed by atoms with van der Waals surface area (Å²) in [5.74, 6) is 1.76. The minimum Gasteiger partial charge on any atom is -0.497 e. The Hall–Kier alpha value is -1.10. The third-order valence-electron chi connectivity index (χ3n) is 4.83. The van der Waals surface area contributed by atoms with Crippen LogP contribution in [0.4, 0.5) is 0 Å². The number of rotatable bonds is 10. The lowest BCUT2D eigenvalue weighted by Gasteiger charge is -2.34. The van der Waals surface area contributed by atoms with Gasteiger partial charge in [-0.2, -0.15) is 0 Å². The van der Waals surface area contributed by atoms with E-state index in [2.05, 4.69) is 53.6 Å². The average molecular weight is 519 g/mol. The molecule has 7 nitrogen and oxygen atoms in total. The first-order valence-corrected chi connectivity index (χ1v) is 10.3. The van der Waals surface area contributed by atoms with Crippen molar-refractivity contribution < 1.29 is 9.47 Å². The molecule has 0 saturated carbocycles. The smallest absolute Gasteiger partial charge is 0.191 e. The summed E-state index contributed by atoms with van der Waals surface area (Å²) in [4.78, 5) is 9.55. The zero-order valence-corrected chi connectivity index (χ0v) is 20.6. The molecule has 0 amide bonds. The van der Waals surface area contributed by atoms with Crippen LogP contribution in [0.1, 0.15) is 24.9 Å². The van der Waals surface area contributed by atoms with Crippen LogP contribution in [0.5, 0.6) is 5.75 Å². The molecular formula is C21H38IN5O2. The minimum atomic E-state index is 0. The summed E-state index contributed by atoms with van der Waals surface area (Å²) in [6.45, 7) is 9.04. The van der Waals surface area contributed by atoms with Crippen LogP contribution in [-0.4, -0.2) is 89.4 Å². The largest absolute Gasteiger partial charge is 0.497 e. The van der Waals surface area contributed by atoms with Gasteiger partial charge in [0, 0.05) is 26.2 Å². The minimum absolute atomic E-state index is 0. The molecule has 1 heterocycles. The van der Waals surface area contributed by atoms with Crippen LogP contribution in [-0.2, 0) is 4.74 Å². The fraction of sp³-hybridized carbons (Fsp3) is 0.667. The van der Waals surface area contributed by atoms with E-state index in [1.165, 1.54) is 5.56 Å². The lowest BCUT2D eigenvalue weighted by Crippen LogP contribution is -2.42. The van der Waals surface area contributed by atoms with Gasteiger partial charge in [0.05, 0.1) is 32.9 Å². The first kappa shape index (κ1) is 25.9. The molecule has 0 spiro atoms. The van der Waals surface area contributed by atoms with Crippen molar-refractivity contribution in [2.45, 2.75) is 19.4 Å². The van der Waals surface area contributed by atoms with E-state index in [0.717, 1.165) is 64.1 Å². The van der Waals surface area contributed by atoms with E-state index in [9.17, 15) is 0 Å². The molecule has 1 aliphatic heterocycles. The SMILES string of the molecule is CCNC(=NCC(c1ccc(OC)cc1)N1CCOCC1)NCCCN(C)C.I. The lowest BCUT2D eigenvalue weighted by atomic mass is 10.0. The number of methoxy groups -OCH3 is 1. The molecule has 0 aliphatic carbocycles. The zero-order chi connectivity index (χ0) is 20.2. The Morgan fingerprint density at radius 1 is 1.21 bits per heavy atom. The van der Waals surface area contributed by atoms with Gasteiger partial charge in [-0.05, 0) is 51.7 Å². The molecule has 1 aliphatic rings. The van der Waals surface area contributed by atoms with Crippen molar-refractivity contribution in [2.75, 3.05) is 73.7 Å². The Labute approximate surface area is 193 Å². The number of halogens is 1. The van der Waals surface area contributed by atoms with E-state index >= 15 is 0 Å². The molecule has 1 fully saturated rings. The predicted molar refractivity (Wildman–Crippen MR) is 131 cm³/mol. The number of nitrogens with one attached hydrogen (secondary N) is 2. The van der Waals surface area contributed by atoms with E-state index in [1.54, 1.807) is 7.11 Å². The molecule has 166 valence electrons. The summed E-state index contributed by atoms with van der Waals surface area (Å²) in [6, 6.07) is 8.57. The molecule has 1 unspecified atom stereocenters. The van der Waals surface area contributed by atoms with E-state index in [4.69, 9.17) is 14.5 Å². The van der Waals surface area contributed by atoms with Gasteiger partial charge in [-0.1, -0.05) is 12.1 Å². The van der Waals surface area contributed by atoms with Crippen molar-refractivity contribution >= 4 is 29.9 Å². The number of guanidine groups is 1. The van der Waals surface area contributed by atoms with Gasteiger partial charge in [0.2, 0.25) is 0 Å². The fourth-order valence-corrected chi connectivity index (χ4v) is 3.27. The van der Waals surface area contributed by atoms with Crippen molar-refractivity contribution in [1.29, 1.82) is 0 Å². The molecule has 0 radical (unpaired) electrons. The maximum absolute atomic E-state index is 5.55. The van der Waals surface area contributed by atoms with Crippen LogP contribution >= 0.6 is 24.0 Å². The number of hydrogen-bond acceptors (Lipinski definition) is 5. The predicted octanol–water partition coefficient (Wildman–Crippen LogP) is 2.19. The van der Waals surface area contributed by atoms with Gasteiger partial charge in [0.1, 0.15) is 5.75 Å². The van der Waals surface area contributed by atoms with Crippen molar-refractivity contribution in [3.05, 3.63) is 29.8 Å². The van der Waals surface area contributed by atoms with Crippen LogP contribution in [0, 0.1) is 0 Å². The zero-order valence-electron chi connectivity index (χ0n) is 18.3. The van der Waals surface area contributed by atoms with Crippen molar-refractivity contribution in [3.63, 3.8) is 0 Å². The van der Waals surface area contributed by atoms with Gasteiger partial charge in [-0.15, -0.1) is 24.0 Å². The van der Waals surface area contributed by atoms with Gasteiger partial charge in [0.15, 0.2) is 5.96 Å². The molecular weight excluding hydrogens is 481 g/mol. The van der Waals surface area contributed by atoms with E-state index < -0.39 is 0 Å². The summed E-state index contributed by atoms with van der Waals surface area (Å²) < 4.78 is 10.9. The topological polar surface area (TPSA) is 61.4 Å². The number of nitrogens with zero attached hydrogens (tertiary/aromatic N) is 3. The number of hydrogen-bond donors (Lipinski definition) is 2. The highest BCUT2D eigenvalue weighted by molar-refractivity contribution is 14.0. The Bertz CT molecular complexity index is 577. The first-order valence-electron chi connectivity index (χ1n) is 10.3. The van der Waals surface area contributed by atoms with Gasteiger partial charge in [0.25, 0.3) is 0 Å². The molecule has 1 atom stereocenters. The van der Waals surface area contributed by atoms with Crippen LogP contribution in [0.25, 0.3) is 0 Å². The van der Waals surface area contributed by atoms with Crippen LogP contribution in [0.15, 0.2) is 29.3 Å². The molecule has 2 rings (SSSR count). The van der Waals surface area contributed by atoms with Gasteiger partial charge in [-0.3, -0.25) is 9.89 Å². The summed E-state index contributed by atoms with van der Waals surface area (Å²) in [5.41, 5.74) is 1.26. The maximum atomic E-state index is 5.55. The second-order valence-corrected chi connectivity index (χ2v) is 7.24. The number of benzene rings is 1. The standard InChI is InChI=1S/C21H37N5O2.HI/c1-5-22-21(23-11-6-12-25(2)3)24-17-20(26-13-15-28-16-14-26)18-7-9-19(27-4)10-8-18;/h7-10,20H,5-6,11-17H2,1-4H3,(H2,22,23,24);1H. The quantitative estimate of drug-likeness (QED) is 0.214. The van der Waals surface area contributed by atoms with E-state index in [0.29, 0.717) is 6.54 Å². The first-order chi connectivity index (χ1) is 13.6. The third-order valence-corrected chi connectivity index (χ3v) is 4.83. The highest BCUT2D eigenvalue weighted by atomic mass is 127. The summed E-state index contributed by atoms with van der Waals surface area (Å²) in [7, 11) is 5.89. The molecule has 0 bridgehead atoms. The summed E-state index contributed by atoms with van der Waals surface area (Å²) >= 11 is 0. The summed E-state index contributed by atoms with van der Waals surface area (Å²) in [6.07, 6.45) is 1.09. The Kier molecular flexibility index (Phi) is 13.2. The Morgan fingerprint density at radius 3 is 2.48 bits per heavy atom. The number of aliphatic imine (C=N–C) groups is 1. The lowest BCUT2D eigenvalue weighted by molar-refractivity contribution is 0.0179. The maximum Gasteiger partial charge on any atom is 0.191 e. The van der Waals surface area contributed by atoms with Crippen molar-refractivity contribution in [1.82, 2.24) is 20.4 Å². The molecule has 1 aromatic carbocycles. The number of ether oxygens (including phenoxy) is 2. The van der Waals surface area contributed by atoms with Gasteiger partial charge >= 0.3 is 0 Å². The third kappa shape index (κ3) is 9.50. The molecule has 2 N–H and O–H groups in total. The number of morpholine rings is 1. The van der Waals surface area contributed by atoms with Crippen LogP contribution < -0.4 is 15.4 Å². The molecule has 0 aromatic heterocycles. The second-order valence-electron chi connectivity index (χ2n) is 7.24. The fourth-order valence-electron chi connectivity index (χ4n) is 3.27. The summed E-state index contributed by atoms with van der Waals surface area (Å²) in [5, 5.41) is 6.81. The van der Waals surface area contributed by atoms with Gasteiger partial charge < -0.3 is 25.0 Å². The Morgan fingerprint density at radius 2 is 1.90 bits per heavy atom. The average Bonchev–Trinajstić information content (AvgIpc) is 2.72. The highest BCUT2D eigenvalue weighted by Crippen LogP contribution is 2.24. The molecule has 29 heavy (non-hydrogen) atoms. The second kappa shape index (κ2) is 14.8. The monoisotopic (exact) mass is 519 g/mol. The van der Waals surface area contributed by atoms with Crippen LogP contribution in [0.2, 0.25) is 0 Å². The van der Waals surface area contributed by atoms with E-state index in [-0.39, 0.29) is 30.0 Å². The van der Waals surface area contributed by atoms with Crippen molar-refractivity contribution in [2.24, 2.45) is 4.99 Å². The van der Waals surface area contributed by atoms with Gasteiger partial charge in [-0.25, -0.2) is 0 Å². The Balaban J connectivity index is 0.00000420. The molecule has 8 heteroatoms. The molecule has 1 aromatic rings. The van der Waals surface area contributed by atoms with Crippen LogP contribution in [0.3, 0.4) is 0 Å². The normalized spacial score (nSPS) is 16.2.